The Balaban J connectivity index is -0.00000000321. The molecule has 0 fully saturated rings. The Bertz CT molecular complexity index is 106. The molecule has 0 aromatic heterocycles. The van der Waals surface area contributed by atoms with E-state index in [1.807, 2.05) is 0 Å². The van der Waals surface area contributed by atoms with Gasteiger partial charge in [-0.2, -0.15) is 0 Å². The van der Waals surface area contributed by atoms with E-state index in [0.717, 1.165) is 0 Å². The number of nitrogens with zero attached hydrogens (tertiary/aromatic N) is 6. The van der Waals surface area contributed by atoms with Crippen molar-refractivity contribution in [1.82, 2.24) is 0 Å². The minimum atomic E-state index is 0. The fourth-order valence-electron chi connectivity index (χ4n) is 0. The van der Waals surface area contributed by atoms with Crippen molar-refractivity contribution in [2.24, 2.45) is 0 Å². The van der Waals surface area contributed by atoms with E-state index in [2.05, 4.69) is 0 Å². The summed E-state index contributed by atoms with van der Waals surface area (Å²) in [6.07, 6.45) is 0. The van der Waals surface area contributed by atoms with E-state index in [-0.39, 0.29) is 61.2 Å². The van der Waals surface area contributed by atoms with Crippen molar-refractivity contribution in [3.63, 3.8) is 0 Å². The van der Waals surface area contributed by atoms with Gasteiger partial charge in [-0.15, -0.1) is 0 Å². The summed E-state index contributed by atoms with van der Waals surface area (Å²) in [4.78, 5) is 0. The van der Waals surface area contributed by atoms with Crippen LogP contribution in [0.1, 0.15) is 0 Å². The predicted molar refractivity (Wildman–Crippen MR) is 31.7 cm³/mol. The topological polar surface area (TPSA) is 173 Å². The van der Waals surface area contributed by atoms with Crippen LogP contribution >= 0.6 is 0 Å². The smallest absolute Gasteiger partial charge is 0.870 e. The van der Waals surface area contributed by atoms with Crippen molar-refractivity contribution in [2.45, 2.75) is 0 Å². The first-order valence-electron chi connectivity index (χ1n) is 1.34. The van der Waals surface area contributed by atoms with Crippen molar-refractivity contribution in [2.75, 3.05) is 0 Å². The third-order valence-electron chi connectivity index (χ3n) is 0. The molecule has 10 heteroatoms. The first kappa shape index (κ1) is 126. The zero-order chi connectivity index (χ0) is 12.0. The largest absolute Gasteiger partial charge is 3.00 e. The number of hydrogen-bond acceptors (Lipinski definition) is 7. The van der Waals surface area contributed by atoms with E-state index in [0.29, 0.717) is 0 Å². The van der Waals surface area contributed by atoms with Crippen LogP contribution < -0.4 is 0 Å². The summed E-state index contributed by atoms with van der Waals surface area (Å²) in [5, 5.41) is 37.5. The van der Waals surface area contributed by atoms with E-state index in [1.54, 1.807) is 0 Å². The minimum absolute atomic E-state index is 0. The molecule has 0 aromatic carbocycles. The van der Waals surface area contributed by atoms with Crippen molar-refractivity contribution < 1.29 is 61.2 Å². The van der Waals surface area contributed by atoms with E-state index in [4.69, 9.17) is 71.0 Å². The Morgan fingerprint density at radius 1 is 0.375 bits per heavy atom. The summed E-state index contributed by atoms with van der Waals surface area (Å²) in [6.45, 7) is 28.5. The van der Waals surface area contributed by atoms with Crippen LogP contribution in [0.2, 0.25) is 0 Å². The van der Waals surface area contributed by atoms with E-state index < -0.39 is 0 Å². The minimum Gasteiger partial charge on any atom is -0.870 e. The predicted octanol–water partition coefficient (Wildman–Crippen LogP) is 0.394. The third-order valence-corrected chi connectivity index (χ3v) is 0. The summed E-state index contributed by atoms with van der Waals surface area (Å²) >= 11 is 0. The van der Waals surface area contributed by atoms with Gasteiger partial charge in [0.2, 0.25) is 0 Å². The van der Waals surface area contributed by atoms with Gasteiger partial charge in [-0.3, -0.25) is 0 Å². The fourth-order valence-corrected chi connectivity index (χ4v) is 0. The number of rotatable bonds is 0. The van der Waals surface area contributed by atoms with Crippen molar-refractivity contribution in [3.8, 4) is 0 Å². The second kappa shape index (κ2) is 1210. The van der Waals surface area contributed by atoms with Crippen LogP contribution in [0.3, 0.4) is 0 Å². The molecule has 0 bridgehead atoms. The third kappa shape index (κ3) is 947. The van der Waals surface area contributed by atoms with E-state index in [9.17, 15) is 0 Å². The maximum absolute atomic E-state index is 6.25. The standard InChI is InChI=1S/6CN.Co.H2O.2Zn/c6*1-2;;;;/h;;;;;;;1H2;;/q6*-1;+3;;2*+2/p-1. The summed E-state index contributed by atoms with van der Waals surface area (Å²) in [6, 6.07) is 0. The van der Waals surface area contributed by atoms with Gasteiger partial charge in [0.25, 0.3) is 0 Å². The van der Waals surface area contributed by atoms with Crippen molar-refractivity contribution in [3.05, 3.63) is 39.4 Å². The Kier molecular flexibility index (Phi) is 9500. The molecule has 16 heavy (non-hydrogen) atoms. The summed E-state index contributed by atoms with van der Waals surface area (Å²) < 4.78 is 0. The molecule has 0 aliphatic carbocycles. The molecule has 0 aliphatic rings. The molecule has 0 radical (unpaired) electrons. The van der Waals surface area contributed by atoms with Crippen molar-refractivity contribution in [1.29, 1.82) is 31.6 Å². The summed E-state index contributed by atoms with van der Waals surface area (Å²) in [7, 11) is 0. The Morgan fingerprint density at radius 2 is 0.375 bits per heavy atom. The fraction of sp³-hybridized carbons (Fsp3) is 0. The number of hydrogen-bond donors (Lipinski definition) is 0. The molecule has 74 valence electrons. The van der Waals surface area contributed by atoms with Crippen LogP contribution in [0, 0.1) is 71.0 Å². The normalized spacial score (nSPS) is 0.750. The van der Waals surface area contributed by atoms with Crippen molar-refractivity contribution >= 4 is 0 Å². The molecule has 0 heterocycles. The Hall–Kier alpha value is -1.35. The van der Waals surface area contributed by atoms with Crippen LogP contribution in [0.4, 0.5) is 0 Å². The Labute approximate surface area is 132 Å². The van der Waals surface area contributed by atoms with Gasteiger partial charge in [-0.1, -0.05) is 0 Å². The van der Waals surface area contributed by atoms with Gasteiger partial charge in [-0.25, -0.2) is 0 Å². The monoisotopic (exact) mass is 360 g/mol. The molecular weight excluding hydrogens is 362 g/mol. The van der Waals surface area contributed by atoms with Gasteiger partial charge in [0, 0.05) is 0 Å². The van der Waals surface area contributed by atoms with E-state index in [1.165, 1.54) is 0 Å². The average molecular weight is 363 g/mol. The second-order valence-electron chi connectivity index (χ2n) is 0. The SMILES string of the molecule is [C-]#N.[C-]#N.[C-]#N.[C-]#N.[C-]#N.[C-]#N.[Co+3].[OH-].[Zn+2].[Zn+2]. The zero-order valence-corrected chi connectivity index (χ0v) is 14.9. The maximum atomic E-state index is 6.25. The van der Waals surface area contributed by atoms with Gasteiger partial charge in [-0.05, 0) is 0 Å². The maximum Gasteiger partial charge on any atom is 3.00 e. The van der Waals surface area contributed by atoms with Crippen LogP contribution in [-0.4, -0.2) is 5.48 Å². The molecule has 1 N–H and O–H groups in total. The van der Waals surface area contributed by atoms with Crippen LogP contribution in [0.5, 0.6) is 0 Å². The molecule has 0 spiro atoms. The van der Waals surface area contributed by atoms with E-state index >= 15 is 0 Å². The first-order chi connectivity index (χ1) is 6.00. The van der Waals surface area contributed by atoms with Gasteiger partial charge >= 0.3 is 55.7 Å². The molecular formula is C6HCoN6OZn2. The van der Waals surface area contributed by atoms with Gasteiger partial charge in [0.05, 0.1) is 0 Å². The van der Waals surface area contributed by atoms with Crippen LogP contribution in [0.15, 0.2) is 0 Å². The Morgan fingerprint density at radius 3 is 0.375 bits per heavy atom. The molecule has 0 atom stereocenters. The summed E-state index contributed by atoms with van der Waals surface area (Å²) in [5.74, 6) is 0. The molecule has 0 aromatic rings. The quantitative estimate of drug-likeness (QED) is 0.442. The average Bonchev–Trinajstić information content (AvgIpc) is 2.33. The van der Waals surface area contributed by atoms with Gasteiger partial charge in [0.15, 0.2) is 0 Å². The van der Waals surface area contributed by atoms with Crippen LogP contribution in [-0.2, 0) is 55.7 Å². The van der Waals surface area contributed by atoms with Crippen LogP contribution in [0.25, 0.3) is 0 Å². The summed E-state index contributed by atoms with van der Waals surface area (Å²) in [5.41, 5.74) is 0. The molecule has 0 aliphatic heterocycles. The first-order valence-corrected chi connectivity index (χ1v) is 1.34. The zero-order valence-electron chi connectivity index (χ0n) is 7.88. The molecule has 0 unspecified atom stereocenters. The molecule has 0 rings (SSSR count). The second-order valence-corrected chi connectivity index (χ2v) is 0. The molecule has 0 amide bonds. The molecule has 0 saturated carbocycles. The molecule has 7 nitrogen and oxygen atoms in total. The van der Waals surface area contributed by atoms with Gasteiger partial charge in [0.1, 0.15) is 0 Å². The molecule has 0 saturated heterocycles. The van der Waals surface area contributed by atoms with Gasteiger partial charge < -0.3 is 76.5 Å².